The molecule has 2 aromatic rings. The maximum atomic E-state index is 5.95. The molecule has 1 unspecified atom stereocenters. The second-order valence-electron chi connectivity index (χ2n) is 3.43. The molecule has 1 heterocycles. The van der Waals surface area contributed by atoms with Crippen LogP contribution in [0.4, 0.5) is 5.69 Å². The average molecular weight is 204 g/mol. The minimum Gasteiger partial charge on any atom is -0.398 e. The lowest BCUT2D eigenvalue weighted by atomic mass is 10.1. The maximum Gasteiger partial charge on any atom is 0.0726 e. The van der Waals surface area contributed by atoms with Gasteiger partial charge in [-0.25, -0.2) is 0 Å². The summed E-state index contributed by atoms with van der Waals surface area (Å²) in [6.07, 6.45) is 0.841. The molecule has 2 N–H and O–H groups in total. The number of aryl methyl sites for hydroxylation is 1. The van der Waals surface area contributed by atoms with Gasteiger partial charge in [-0.3, -0.25) is 4.98 Å². The second kappa shape index (κ2) is 3.55. The van der Waals surface area contributed by atoms with Crippen LogP contribution in [0.15, 0.2) is 24.3 Å². The van der Waals surface area contributed by atoms with Crippen molar-refractivity contribution >= 4 is 25.8 Å². The molecule has 72 valence electrons. The number of hydrogen-bond acceptors (Lipinski definition) is 2. The van der Waals surface area contributed by atoms with E-state index in [1.165, 1.54) is 5.56 Å². The van der Waals surface area contributed by atoms with Gasteiger partial charge < -0.3 is 5.73 Å². The van der Waals surface area contributed by atoms with E-state index in [0.717, 1.165) is 28.4 Å². The topological polar surface area (TPSA) is 38.9 Å². The summed E-state index contributed by atoms with van der Waals surface area (Å²) in [7, 11) is 2.66. The molecule has 1 aromatic heterocycles. The van der Waals surface area contributed by atoms with Crippen LogP contribution in [0.5, 0.6) is 0 Å². The summed E-state index contributed by atoms with van der Waals surface area (Å²) in [4.78, 5) is 4.49. The standard InChI is InChI=1S/C11H13N2P/c1-7-2-3-11-9(4-7)10(12)5-8(6-14)13-11/h2-5H,6,14H2,1H3,(H2,12,13). The Morgan fingerprint density at radius 3 is 2.86 bits per heavy atom. The van der Waals surface area contributed by atoms with Crippen LogP contribution >= 0.6 is 9.24 Å². The highest BCUT2D eigenvalue weighted by molar-refractivity contribution is 7.15. The molecule has 0 saturated carbocycles. The van der Waals surface area contributed by atoms with Gasteiger partial charge in [0.25, 0.3) is 0 Å². The molecule has 0 aliphatic rings. The van der Waals surface area contributed by atoms with Crippen molar-refractivity contribution in [1.29, 1.82) is 0 Å². The van der Waals surface area contributed by atoms with Gasteiger partial charge in [0.15, 0.2) is 0 Å². The van der Waals surface area contributed by atoms with Gasteiger partial charge in [-0.1, -0.05) is 11.6 Å². The van der Waals surface area contributed by atoms with E-state index in [-0.39, 0.29) is 0 Å². The van der Waals surface area contributed by atoms with Crippen LogP contribution in [0.2, 0.25) is 0 Å². The third-order valence-corrected chi connectivity index (χ3v) is 2.68. The first-order chi connectivity index (χ1) is 6.70. The zero-order valence-corrected chi connectivity index (χ0v) is 9.27. The molecule has 0 spiro atoms. The van der Waals surface area contributed by atoms with Crippen LogP contribution in [0.3, 0.4) is 0 Å². The number of fused-ring (bicyclic) bond motifs is 1. The van der Waals surface area contributed by atoms with Gasteiger partial charge in [0.05, 0.1) is 5.52 Å². The lowest BCUT2D eigenvalue weighted by molar-refractivity contribution is 1.23. The minimum atomic E-state index is 0.816. The Morgan fingerprint density at radius 2 is 2.14 bits per heavy atom. The molecule has 14 heavy (non-hydrogen) atoms. The zero-order chi connectivity index (χ0) is 10.1. The highest BCUT2D eigenvalue weighted by atomic mass is 31.0. The Balaban J connectivity index is 2.76. The SMILES string of the molecule is Cc1ccc2nc(CP)cc(N)c2c1. The lowest BCUT2D eigenvalue weighted by Crippen LogP contribution is -1.93. The van der Waals surface area contributed by atoms with Crippen LogP contribution in [0.25, 0.3) is 10.9 Å². The van der Waals surface area contributed by atoms with Gasteiger partial charge >= 0.3 is 0 Å². The Morgan fingerprint density at radius 1 is 1.36 bits per heavy atom. The van der Waals surface area contributed by atoms with Gasteiger partial charge in [0.2, 0.25) is 0 Å². The Kier molecular flexibility index (Phi) is 2.39. The monoisotopic (exact) mass is 204 g/mol. The van der Waals surface area contributed by atoms with Gasteiger partial charge in [0, 0.05) is 22.9 Å². The molecular formula is C11H13N2P. The van der Waals surface area contributed by atoms with Gasteiger partial charge in [-0.05, 0) is 25.1 Å². The van der Waals surface area contributed by atoms with Crippen molar-refractivity contribution in [2.24, 2.45) is 0 Å². The van der Waals surface area contributed by atoms with Crippen molar-refractivity contribution in [3.63, 3.8) is 0 Å². The molecule has 0 aliphatic carbocycles. The maximum absolute atomic E-state index is 5.95. The van der Waals surface area contributed by atoms with E-state index in [4.69, 9.17) is 5.73 Å². The van der Waals surface area contributed by atoms with Crippen LogP contribution < -0.4 is 5.73 Å². The summed E-state index contributed by atoms with van der Waals surface area (Å²) in [5.74, 6) is 0. The van der Waals surface area contributed by atoms with E-state index in [2.05, 4.69) is 33.3 Å². The van der Waals surface area contributed by atoms with Crippen molar-refractivity contribution < 1.29 is 0 Å². The van der Waals surface area contributed by atoms with E-state index >= 15 is 0 Å². The fourth-order valence-electron chi connectivity index (χ4n) is 1.53. The van der Waals surface area contributed by atoms with Crippen LogP contribution in [0.1, 0.15) is 11.3 Å². The molecule has 2 rings (SSSR count). The second-order valence-corrected chi connectivity index (χ2v) is 3.84. The fraction of sp³-hybridized carbons (Fsp3) is 0.182. The minimum absolute atomic E-state index is 0.816. The molecule has 0 amide bonds. The summed E-state index contributed by atoms with van der Waals surface area (Å²) >= 11 is 0. The van der Waals surface area contributed by atoms with E-state index < -0.39 is 0 Å². The Hall–Kier alpha value is -1.14. The van der Waals surface area contributed by atoms with Crippen molar-refractivity contribution in [2.75, 3.05) is 5.73 Å². The number of nitrogens with two attached hydrogens (primary N) is 1. The number of pyridine rings is 1. The number of nitrogen functional groups attached to an aromatic ring is 1. The van der Waals surface area contributed by atoms with Crippen LogP contribution in [-0.4, -0.2) is 4.98 Å². The molecule has 1 atom stereocenters. The quantitative estimate of drug-likeness (QED) is 0.725. The summed E-state index contributed by atoms with van der Waals surface area (Å²) in [5, 5.41) is 1.05. The Bertz CT molecular complexity index is 480. The number of hydrogen-bond donors (Lipinski definition) is 1. The van der Waals surface area contributed by atoms with E-state index in [9.17, 15) is 0 Å². The molecule has 0 fully saturated rings. The first-order valence-electron chi connectivity index (χ1n) is 4.56. The van der Waals surface area contributed by atoms with Crippen LogP contribution in [-0.2, 0) is 6.16 Å². The molecule has 0 radical (unpaired) electrons. The van der Waals surface area contributed by atoms with Gasteiger partial charge in [-0.2, -0.15) is 0 Å². The number of rotatable bonds is 1. The number of anilines is 1. The third-order valence-electron chi connectivity index (χ3n) is 2.26. The predicted molar refractivity (Wildman–Crippen MR) is 64.3 cm³/mol. The fourth-order valence-corrected chi connectivity index (χ4v) is 1.74. The van der Waals surface area contributed by atoms with Gasteiger partial charge in [-0.15, -0.1) is 9.24 Å². The molecule has 0 aliphatic heterocycles. The Labute approximate surface area is 85.7 Å². The smallest absolute Gasteiger partial charge is 0.0726 e. The van der Waals surface area contributed by atoms with E-state index in [1.54, 1.807) is 0 Å². The largest absolute Gasteiger partial charge is 0.398 e. The van der Waals surface area contributed by atoms with Gasteiger partial charge in [0.1, 0.15) is 0 Å². The lowest BCUT2D eigenvalue weighted by Gasteiger charge is -2.05. The zero-order valence-electron chi connectivity index (χ0n) is 8.12. The predicted octanol–water partition coefficient (Wildman–Crippen LogP) is 2.50. The average Bonchev–Trinajstić information content (AvgIpc) is 2.19. The first kappa shape index (κ1) is 9.42. The summed E-state index contributed by atoms with van der Waals surface area (Å²) in [6.45, 7) is 2.06. The normalized spacial score (nSPS) is 10.7. The van der Waals surface area contributed by atoms with E-state index in [0.29, 0.717) is 0 Å². The van der Waals surface area contributed by atoms with Crippen LogP contribution in [0, 0.1) is 6.92 Å². The van der Waals surface area contributed by atoms with E-state index in [1.807, 2.05) is 12.1 Å². The number of aromatic nitrogens is 1. The summed E-state index contributed by atoms with van der Waals surface area (Å²) in [6, 6.07) is 8.09. The highest BCUT2D eigenvalue weighted by Gasteiger charge is 2.01. The highest BCUT2D eigenvalue weighted by Crippen LogP contribution is 2.22. The number of nitrogens with zero attached hydrogens (tertiary/aromatic N) is 1. The molecule has 1 aromatic carbocycles. The van der Waals surface area contributed by atoms with Crippen molar-refractivity contribution in [2.45, 2.75) is 13.1 Å². The molecule has 0 saturated heterocycles. The molecule has 0 bridgehead atoms. The summed E-state index contributed by atoms with van der Waals surface area (Å²) in [5.41, 5.74) is 9.98. The molecule has 3 heteroatoms. The molecular weight excluding hydrogens is 191 g/mol. The van der Waals surface area contributed by atoms with Crippen molar-refractivity contribution in [3.8, 4) is 0 Å². The first-order valence-corrected chi connectivity index (χ1v) is 5.38. The number of benzene rings is 1. The van der Waals surface area contributed by atoms with Crippen molar-refractivity contribution in [3.05, 3.63) is 35.5 Å². The molecule has 2 nitrogen and oxygen atoms in total. The third kappa shape index (κ3) is 1.58. The van der Waals surface area contributed by atoms with Crippen molar-refractivity contribution in [1.82, 2.24) is 4.98 Å². The summed E-state index contributed by atoms with van der Waals surface area (Å²) < 4.78 is 0.